The summed E-state index contributed by atoms with van der Waals surface area (Å²) in [4.78, 5) is 43.7. The first-order valence-electron chi connectivity index (χ1n) is 5.82. The normalized spacial score (nSPS) is 12.7. The summed E-state index contributed by atoms with van der Waals surface area (Å²) in [7, 11) is 0. The highest BCUT2D eigenvalue weighted by Crippen LogP contribution is 2.13. The smallest absolute Gasteiger partial charge is 0.294 e. The highest BCUT2D eigenvalue weighted by Gasteiger charge is 2.30. The van der Waals surface area contributed by atoms with Gasteiger partial charge >= 0.3 is 0 Å². The third-order valence-electron chi connectivity index (χ3n) is 2.48. The summed E-state index contributed by atoms with van der Waals surface area (Å²) in [6.45, 7) is -0.890. The average molecular weight is 317 g/mol. The Morgan fingerprint density at radius 2 is 1.41 bits per heavy atom. The van der Waals surface area contributed by atoms with E-state index in [0.29, 0.717) is 5.56 Å². The van der Waals surface area contributed by atoms with E-state index >= 15 is 0 Å². The molecule has 0 heterocycles. The van der Waals surface area contributed by atoms with E-state index in [9.17, 15) is 30.3 Å². The van der Waals surface area contributed by atoms with E-state index < -0.39 is 34.1 Å². The third-order valence-corrected chi connectivity index (χ3v) is 2.48. The molecule has 0 bridgehead atoms. The number of hydrogen-bond acceptors (Lipinski definition) is 9. The Hall–Kier alpha value is -3.18. The molecule has 0 saturated heterocycles. The van der Waals surface area contributed by atoms with Gasteiger partial charge in [0.05, 0.1) is 0 Å². The molecule has 12 nitrogen and oxygen atoms in total. The van der Waals surface area contributed by atoms with Crippen LogP contribution in [-0.4, -0.2) is 34.1 Å². The van der Waals surface area contributed by atoms with Gasteiger partial charge in [0.1, 0.15) is 12.7 Å². The van der Waals surface area contributed by atoms with Gasteiger partial charge in [0.2, 0.25) is 0 Å². The van der Waals surface area contributed by atoms with Crippen LogP contribution in [0.3, 0.4) is 0 Å². The predicted molar refractivity (Wildman–Crippen MR) is 66.8 cm³/mol. The molecule has 120 valence electrons. The van der Waals surface area contributed by atoms with Gasteiger partial charge in [0, 0.05) is 6.42 Å². The van der Waals surface area contributed by atoms with Gasteiger partial charge in [-0.15, -0.1) is 30.3 Å². The Balaban J connectivity index is 2.88. The predicted octanol–water partition coefficient (Wildman–Crippen LogP) is 0.591. The van der Waals surface area contributed by atoms with Gasteiger partial charge in [0.15, 0.2) is 6.10 Å². The van der Waals surface area contributed by atoms with E-state index in [0.717, 1.165) is 0 Å². The maximum absolute atomic E-state index is 10.5. The quantitative estimate of drug-likeness (QED) is 0.444. The molecule has 0 amide bonds. The van der Waals surface area contributed by atoms with E-state index in [1.54, 1.807) is 30.3 Å². The van der Waals surface area contributed by atoms with Crippen molar-refractivity contribution in [3.05, 3.63) is 66.2 Å². The molecule has 0 aliphatic carbocycles. The van der Waals surface area contributed by atoms with Crippen molar-refractivity contribution < 1.29 is 29.8 Å². The molecule has 0 aliphatic rings. The van der Waals surface area contributed by atoms with Crippen LogP contribution in [0.15, 0.2) is 30.3 Å². The van der Waals surface area contributed by atoms with Crippen molar-refractivity contribution in [1.82, 2.24) is 0 Å². The number of hydrogen-bond donors (Lipinski definition) is 0. The molecule has 0 N–H and O–H groups in total. The topological polar surface area (TPSA) is 157 Å². The van der Waals surface area contributed by atoms with Crippen molar-refractivity contribution in [3.63, 3.8) is 0 Å². The van der Waals surface area contributed by atoms with E-state index in [2.05, 4.69) is 14.5 Å². The van der Waals surface area contributed by atoms with Crippen molar-refractivity contribution in [3.8, 4) is 0 Å². The van der Waals surface area contributed by atoms with Crippen LogP contribution in [0.25, 0.3) is 0 Å². The SMILES string of the molecule is O=[N+]([O-])OC[C@H](O[N+](=O)[O-])[C@H](Cc1ccccc1)O[N+](=O)[O-]. The van der Waals surface area contributed by atoms with Gasteiger partial charge in [0.25, 0.3) is 15.3 Å². The number of benzene rings is 1. The molecule has 12 heteroatoms. The minimum absolute atomic E-state index is 0.137. The van der Waals surface area contributed by atoms with Gasteiger partial charge in [-0.25, -0.2) is 0 Å². The summed E-state index contributed by atoms with van der Waals surface area (Å²) in [6.07, 6.45) is -3.24. The largest absolute Gasteiger partial charge is 0.311 e. The Kier molecular flexibility index (Phi) is 6.28. The minimum Gasteiger partial charge on any atom is -0.311 e. The molecule has 0 radical (unpaired) electrons. The Labute approximate surface area is 122 Å². The van der Waals surface area contributed by atoms with E-state index in [1.807, 2.05) is 0 Å². The summed E-state index contributed by atoms with van der Waals surface area (Å²) in [6, 6.07) is 8.21. The molecule has 1 aromatic carbocycles. The molecule has 0 unspecified atom stereocenters. The molecule has 0 aromatic heterocycles. The molecule has 0 fully saturated rings. The second kappa shape index (κ2) is 8.18. The lowest BCUT2D eigenvalue weighted by molar-refractivity contribution is -0.810. The lowest BCUT2D eigenvalue weighted by Gasteiger charge is -2.22. The highest BCUT2D eigenvalue weighted by molar-refractivity contribution is 5.15. The first-order chi connectivity index (χ1) is 10.4. The standard InChI is InChI=1S/C10H11N3O9/c14-11(15)20-7-10(22-13(18)19)9(21-12(16)17)6-8-4-2-1-3-5-8/h1-5,9-10H,6-7H2/t9-,10-/m0/s1. The zero-order valence-electron chi connectivity index (χ0n) is 11.0. The van der Waals surface area contributed by atoms with Crippen LogP contribution in [0.2, 0.25) is 0 Å². The second-order valence-corrected chi connectivity index (χ2v) is 3.94. The molecular formula is C10H11N3O9. The van der Waals surface area contributed by atoms with Gasteiger partial charge in [-0.1, -0.05) is 30.3 Å². The maximum Gasteiger partial charge on any atom is 0.294 e. The van der Waals surface area contributed by atoms with Crippen LogP contribution in [0.4, 0.5) is 0 Å². The van der Waals surface area contributed by atoms with Gasteiger partial charge < -0.3 is 14.5 Å². The zero-order valence-corrected chi connectivity index (χ0v) is 11.0. The molecule has 1 rings (SSSR count). The Bertz CT molecular complexity index is 524. The Morgan fingerprint density at radius 1 is 0.864 bits per heavy atom. The van der Waals surface area contributed by atoms with Crippen LogP contribution < -0.4 is 0 Å². The molecule has 0 aliphatic heterocycles. The number of rotatable bonds is 10. The first kappa shape index (κ1) is 16.9. The van der Waals surface area contributed by atoms with Crippen LogP contribution in [0, 0.1) is 30.3 Å². The average Bonchev–Trinajstić information content (AvgIpc) is 2.43. The number of nitrogens with zero attached hydrogens (tertiary/aromatic N) is 3. The molecular weight excluding hydrogens is 306 g/mol. The fourth-order valence-electron chi connectivity index (χ4n) is 1.64. The Morgan fingerprint density at radius 3 is 1.91 bits per heavy atom. The summed E-state index contributed by atoms with van der Waals surface area (Å²) in [5.74, 6) is 0. The van der Waals surface area contributed by atoms with Crippen molar-refractivity contribution in [2.75, 3.05) is 6.61 Å². The molecule has 1 aromatic rings. The summed E-state index contributed by atoms with van der Waals surface area (Å²) < 4.78 is 0. The summed E-state index contributed by atoms with van der Waals surface area (Å²) >= 11 is 0. The highest BCUT2D eigenvalue weighted by atomic mass is 17.0. The van der Waals surface area contributed by atoms with Gasteiger partial charge in [-0.3, -0.25) is 0 Å². The monoisotopic (exact) mass is 317 g/mol. The van der Waals surface area contributed by atoms with Crippen molar-refractivity contribution >= 4 is 0 Å². The zero-order chi connectivity index (χ0) is 16.5. The van der Waals surface area contributed by atoms with Gasteiger partial charge in [-0.05, 0) is 5.56 Å². The van der Waals surface area contributed by atoms with Crippen molar-refractivity contribution in [1.29, 1.82) is 0 Å². The fourth-order valence-corrected chi connectivity index (χ4v) is 1.64. The van der Waals surface area contributed by atoms with Crippen LogP contribution in [0.1, 0.15) is 5.56 Å². The van der Waals surface area contributed by atoms with E-state index in [-0.39, 0.29) is 6.42 Å². The lowest BCUT2D eigenvalue weighted by Crippen LogP contribution is -2.40. The first-order valence-corrected chi connectivity index (χ1v) is 5.82. The summed E-state index contributed by atoms with van der Waals surface area (Å²) in [5, 5.41) is 27.5. The van der Waals surface area contributed by atoms with Crippen molar-refractivity contribution in [2.24, 2.45) is 0 Å². The van der Waals surface area contributed by atoms with Gasteiger partial charge in [-0.2, -0.15) is 0 Å². The van der Waals surface area contributed by atoms with Crippen LogP contribution in [0.5, 0.6) is 0 Å². The fraction of sp³-hybridized carbons (Fsp3) is 0.400. The van der Waals surface area contributed by atoms with Crippen molar-refractivity contribution in [2.45, 2.75) is 18.6 Å². The van der Waals surface area contributed by atoms with E-state index in [4.69, 9.17) is 0 Å². The van der Waals surface area contributed by atoms with Crippen LogP contribution in [-0.2, 0) is 20.9 Å². The second-order valence-electron chi connectivity index (χ2n) is 3.94. The third kappa shape index (κ3) is 6.31. The van der Waals surface area contributed by atoms with Crippen LogP contribution >= 0.6 is 0 Å². The summed E-state index contributed by atoms with van der Waals surface area (Å²) in [5.41, 5.74) is 0.562. The maximum atomic E-state index is 10.5. The molecule has 0 spiro atoms. The molecule has 0 saturated carbocycles. The molecule has 22 heavy (non-hydrogen) atoms. The molecule has 2 atom stereocenters. The lowest BCUT2D eigenvalue weighted by atomic mass is 10.0. The minimum atomic E-state index is -1.65. The van der Waals surface area contributed by atoms with E-state index in [1.165, 1.54) is 0 Å².